The molecule has 0 fully saturated rings. The Kier molecular flexibility index (Phi) is 23.2. The van der Waals surface area contributed by atoms with Crippen LogP contribution in [0, 0.1) is 0 Å². The first kappa shape index (κ1) is 45.5. The second kappa shape index (κ2) is 28.5. The highest BCUT2D eigenvalue weighted by molar-refractivity contribution is 5.87. The van der Waals surface area contributed by atoms with Crippen LogP contribution in [-0.4, -0.2) is 103 Å². The SMILES string of the molecule is C=C(C)C(=O)OC(COCCCCOCCOc1ccc(OCCOCCCCOCC(COc2ccccc2)OC(=O)C(=C)C)cc1)COc1ccccc1. The second-order valence-corrected chi connectivity index (χ2v) is 12.8. The summed E-state index contributed by atoms with van der Waals surface area (Å²) in [5.41, 5.74) is 0.651. The molecule has 0 aliphatic rings. The molecule has 0 heterocycles. The van der Waals surface area contributed by atoms with E-state index in [1.807, 2.05) is 84.9 Å². The molecule has 0 aliphatic heterocycles. The fourth-order valence-corrected chi connectivity index (χ4v) is 4.67. The zero-order valence-corrected chi connectivity index (χ0v) is 32.9. The first-order chi connectivity index (χ1) is 27.3. The van der Waals surface area contributed by atoms with Gasteiger partial charge >= 0.3 is 11.9 Å². The van der Waals surface area contributed by atoms with Gasteiger partial charge in [0.1, 0.15) is 49.4 Å². The molecule has 3 rings (SSSR count). The van der Waals surface area contributed by atoms with E-state index in [9.17, 15) is 9.59 Å². The number of para-hydroxylation sites is 2. The van der Waals surface area contributed by atoms with E-state index >= 15 is 0 Å². The predicted octanol–water partition coefficient (Wildman–Crippen LogP) is 7.20. The molecule has 0 aromatic heterocycles. The Hall–Kier alpha value is -4.88. The predicted molar refractivity (Wildman–Crippen MR) is 212 cm³/mol. The van der Waals surface area contributed by atoms with Gasteiger partial charge in [-0.15, -0.1) is 0 Å². The molecule has 3 aromatic rings. The molecular weight excluding hydrogens is 720 g/mol. The summed E-state index contributed by atoms with van der Waals surface area (Å²) in [7, 11) is 0. The molecule has 12 heteroatoms. The monoisotopic (exact) mass is 778 g/mol. The minimum Gasteiger partial charge on any atom is -0.491 e. The van der Waals surface area contributed by atoms with Crippen molar-refractivity contribution in [3.63, 3.8) is 0 Å². The van der Waals surface area contributed by atoms with Crippen molar-refractivity contribution in [3.8, 4) is 23.0 Å². The van der Waals surface area contributed by atoms with E-state index in [0.29, 0.717) is 75.5 Å². The van der Waals surface area contributed by atoms with Crippen molar-refractivity contribution < 1.29 is 57.0 Å². The lowest BCUT2D eigenvalue weighted by atomic mass is 10.3. The van der Waals surface area contributed by atoms with Gasteiger partial charge < -0.3 is 47.4 Å². The maximum Gasteiger partial charge on any atom is 0.333 e. The van der Waals surface area contributed by atoms with E-state index in [4.69, 9.17) is 47.4 Å². The second-order valence-electron chi connectivity index (χ2n) is 12.8. The zero-order chi connectivity index (χ0) is 40.1. The maximum absolute atomic E-state index is 12.0. The molecule has 0 saturated carbocycles. The van der Waals surface area contributed by atoms with Gasteiger partial charge in [-0.2, -0.15) is 0 Å². The van der Waals surface area contributed by atoms with E-state index in [0.717, 1.165) is 37.2 Å². The number of hydrogen-bond donors (Lipinski definition) is 0. The Morgan fingerprint density at radius 1 is 0.429 bits per heavy atom. The molecule has 0 N–H and O–H groups in total. The van der Waals surface area contributed by atoms with E-state index < -0.39 is 24.1 Å². The van der Waals surface area contributed by atoms with Crippen LogP contribution in [0.4, 0.5) is 0 Å². The molecule has 12 nitrogen and oxygen atoms in total. The lowest BCUT2D eigenvalue weighted by molar-refractivity contribution is -0.150. The van der Waals surface area contributed by atoms with Crippen molar-refractivity contribution >= 4 is 11.9 Å². The zero-order valence-electron chi connectivity index (χ0n) is 32.9. The van der Waals surface area contributed by atoms with Crippen molar-refractivity contribution in [2.45, 2.75) is 51.7 Å². The van der Waals surface area contributed by atoms with Crippen molar-refractivity contribution in [2.75, 3.05) is 79.3 Å². The van der Waals surface area contributed by atoms with E-state index in [2.05, 4.69) is 13.2 Å². The number of benzene rings is 3. The smallest absolute Gasteiger partial charge is 0.333 e. The van der Waals surface area contributed by atoms with Crippen LogP contribution in [0.2, 0.25) is 0 Å². The van der Waals surface area contributed by atoms with Gasteiger partial charge in [0.25, 0.3) is 0 Å². The van der Waals surface area contributed by atoms with Crippen LogP contribution in [0.3, 0.4) is 0 Å². The molecule has 0 saturated heterocycles. The molecule has 0 radical (unpaired) electrons. The first-order valence-corrected chi connectivity index (χ1v) is 19.1. The molecule has 0 spiro atoms. The van der Waals surface area contributed by atoms with Crippen molar-refractivity contribution in [1.82, 2.24) is 0 Å². The molecule has 0 amide bonds. The minimum absolute atomic E-state index is 0.186. The molecule has 0 bridgehead atoms. The minimum atomic E-state index is -0.543. The highest BCUT2D eigenvalue weighted by Gasteiger charge is 2.18. The number of unbranched alkanes of at least 4 members (excludes halogenated alkanes) is 2. The molecular formula is C44H58O12. The van der Waals surface area contributed by atoms with Gasteiger partial charge in [0, 0.05) is 37.6 Å². The summed E-state index contributed by atoms with van der Waals surface area (Å²) in [6.07, 6.45) is 2.16. The van der Waals surface area contributed by atoms with Crippen LogP contribution in [0.15, 0.2) is 109 Å². The largest absolute Gasteiger partial charge is 0.491 e. The summed E-state index contributed by atoms with van der Waals surface area (Å²) >= 11 is 0. The Morgan fingerprint density at radius 3 is 1.12 bits per heavy atom. The summed E-state index contributed by atoms with van der Waals surface area (Å²) in [5, 5.41) is 0. The Morgan fingerprint density at radius 2 is 0.768 bits per heavy atom. The summed E-state index contributed by atoms with van der Waals surface area (Å²) < 4.78 is 56.8. The quantitative estimate of drug-likeness (QED) is 0.0361. The first-order valence-electron chi connectivity index (χ1n) is 19.1. The van der Waals surface area contributed by atoms with Crippen LogP contribution in [-0.2, 0) is 38.0 Å². The Labute approximate surface area is 331 Å². The number of hydrogen-bond acceptors (Lipinski definition) is 12. The number of carbonyl (C=O) groups excluding carboxylic acids is 2. The fraction of sp³-hybridized carbons (Fsp3) is 0.455. The number of ether oxygens (including phenoxy) is 10. The normalized spacial score (nSPS) is 11.9. The maximum atomic E-state index is 12.0. The topological polar surface area (TPSA) is 126 Å². The van der Waals surface area contributed by atoms with Crippen molar-refractivity contribution in [1.29, 1.82) is 0 Å². The highest BCUT2D eigenvalue weighted by Crippen LogP contribution is 2.18. The average molecular weight is 779 g/mol. The summed E-state index contributed by atoms with van der Waals surface area (Å²) in [4.78, 5) is 24.0. The molecule has 0 aliphatic carbocycles. The lowest BCUT2D eigenvalue weighted by Gasteiger charge is -2.19. The van der Waals surface area contributed by atoms with Gasteiger partial charge in [0.05, 0.1) is 26.4 Å². The Bertz CT molecular complexity index is 1400. The average Bonchev–Trinajstić information content (AvgIpc) is 3.21. The fourth-order valence-electron chi connectivity index (χ4n) is 4.67. The Balaban J connectivity index is 1.14. The van der Waals surface area contributed by atoms with Crippen molar-refractivity contribution in [2.24, 2.45) is 0 Å². The summed E-state index contributed by atoms with van der Waals surface area (Å²) in [6.45, 7) is 15.3. The standard InChI is InChI=1S/C44H58O12/c1-35(2)43(45)55-41(33-53-37-15-7-5-8-16-37)31-49-25-13-11-23-47-27-29-51-39-19-21-40(22-20-39)52-30-28-48-24-12-14-26-50-32-42(56-44(46)36(3)4)34-54-38-17-9-6-10-18-38/h5-10,15-22,41-42H,1,3,11-14,23-34H2,2,4H3. The van der Waals surface area contributed by atoms with Gasteiger partial charge in [-0.05, 0) is 88.1 Å². The summed E-state index contributed by atoms with van der Waals surface area (Å²) in [5.74, 6) is 1.92. The lowest BCUT2D eigenvalue weighted by Crippen LogP contribution is -2.30. The van der Waals surface area contributed by atoms with Gasteiger partial charge in [0.2, 0.25) is 0 Å². The molecule has 306 valence electrons. The van der Waals surface area contributed by atoms with Crippen LogP contribution in [0.1, 0.15) is 39.5 Å². The summed E-state index contributed by atoms with van der Waals surface area (Å²) in [6, 6.07) is 26.1. The van der Waals surface area contributed by atoms with Crippen molar-refractivity contribution in [3.05, 3.63) is 109 Å². The number of carbonyl (C=O) groups is 2. The highest BCUT2D eigenvalue weighted by atomic mass is 16.6. The van der Waals surface area contributed by atoms with Gasteiger partial charge in [-0.25, -0.2) is 9.59 Å². The van der Waals surface area contributed by atoms with Crippen LogP contribution in [0.25, 0.3) is 0 Å². The van der Waals surface area contributed by atoms with Gasteiger partial charge in [-0.1, -0.05) is 49.6 Å². The molecule has 3 aromatic carbocycles. The molecule has 2 unspecified atom stereocenters. The van der Waals surface area contributed by atoms with E-state index in [1.54, 1.807) is 13.8 Å². The van der Waals surface area contributed by atoms with E-state index in [1.165, 1.54) is 0 Å². The number of esters is 2. The van der Waals surface area contributed by atoms with Gasteiger partial charge in [0.15, 0.2) is 12.2 Å². The number of rotatable bonds is 32. The molecule has 56 heavy (non-hydrogen) atoms. The van der Waals surface area contributed by atoms with E-state index in [-0.39, 0.29) is 26.4 Å². The van der Waals surface area contributed by atoms with Gasteiger partial charge in [-0.3, -0.25) is 0 Å². The van der Waals surface area contributed by atoms with Crippen LogP contribution in [0.5, 0.6) is 23.0 Å². The molecule has 2 atom stereocenters. The van der Waals surface area contributed by atoms with Crippen LogP contribution >= 0.6 is 0 Å². The third-order valence-corrected chi connectivity index (χ3v) is 7.68. The third-order valence-electron chi connectivity index (χ3n) is 7.68. The third kappa shape index (κ3) is 21.3. The van der Waals surface area contributed by atoms with Crippen LogP contribution < -0.4 is 18.9 Å².